The van der Waals surface area contributed by atoms with Crippen molar-refractivity contribution in [3.63, 3.8) is 0 Å². The maximum absolute atomic E-state index is 12.9. The monoisotopic (exact) mass is 496 g/mol. The first-order chi connectivity index (χ1) is 17.6. The lowest BCUT2D eigenvalue weighted by atomic mass is 9.87. The molecule has 0 saturated carbocycles. The maximum atomic E-state index is 12.9. The van der Waals surface area contributed by atoms with Crippen LogP contribution in [0.5, 0.6) is 0 Å². The second-order valence-electron chi connectivity index (χ2n) is 10.0. The van der Waals surface area contributed by atoms with Gasteiger partial charge in [0.1, 0.15) is 5.56 Å². The number of pyridine rings is 1. The number of amides is 1. The second kappa shape index (κ2) is 10.4. The SMILES string of the molecule is CCOC(=O)c1cnn(-c2cc(C)c3cccc(C)c3n2)c1NC(=O)/C=C/c1ccc(C(C)(C)C)cc1. The van der Waals surface area contributed by atoms with Crippen LogP contribution in [0.25, 0.3) is 22.8 Å². The number of fused-ring (bicyclic) bond motifs is 1. The van der Waals surface area contributed by atoms with Gasteiger partial charge in [0.05, 0.1) is 18.3 Å². The number of ether oxygens (including phenoxy) is 1. The average molecular weight is 497 g/mol. The first kappa shape index (κ1) is 25.8. The molecule has 1 amide bonds. The van der Waals surface area contributed by atoms with E-state index in [9.17, 15) is 9.59 Å². The average Bonchev–Trinajstić information content (AvgIpc) is 3.26. The number of aryl methyl sites for hydroxylation is 2. The number of rotatable bonds is 6. The van der Waals surface area contributed by atoms with Gasteiger partial charge in [0, 0.05) is 11.5 Å². The molecule has 0 atom stereocenters. The summed E-state index contributed by atoms with van der Waals surface area (Å²) in [4.78, 5) is 30.4. The van der Waals surface area contributed by atoms with E-state index in [1.54, 1.807) is 13.0 Å². The first-order valence-corrected chi connectivity index (χ1v) is 12.3. The molecule has 37 heavy (non-hydrogen) atoms. The molecule has 7 heteroatoms. The van der Waals surface area contributed by atoms with Crippen LogP contribution in [0.3, 0.4) is 0 Å². The molecule has 0 bridgehead atoms. The summed E-state index contributed by atoms with van der Waals surface area (Å²) < 4.78 is 6.67. The molecule has 2 aromatic carbocycles. The molecule has 0 aliphatic heterocycles. The molecule has 0 aliphatic carbocycles. The van der Waals surface area contributed by atoms with Gasteiger partial charge in [-0.25, -0.2) is 9.78 Å². The molecule has 0 spiro atoms. The highest BCUT2D eigenvalue weighted by Crippen LogP contribution is 2.26. The van der Waals surface area contributed by atoms with Gasteiger partial charge < -0.3 is 10.1 Å². The minimum absolute atomic E-state index is 0.0508. The Kier molecular flexibility index (Phi) is 7.25. The first-order valence-electron chi connectivity index (χ1n) is 12.3. The van der Waals surface area contributed by atoms with E-state index in [1.165, 1.54) is 22.5 Å². The fourth-order valence-corrected chi connectivity index (χ4v) is 4.08. The lowest BCUT2D eigenvalue weighted by Gasteiger charge is -2.18. The Bertz CT molecular complexity index is 1490. The summed E-state index contributed by atoms with van der Waals surface area (Å²) in [6.45, 7) is 12.4. The van der Waals surface area contributed by atoms with Crippen LogP contribution in [0.4, 0.5) is 5.82 Å². The number of anilines is 1. The molecule has 2 heterocycles. The summed E-state index contributed by atoms with van der Waals surface area (Å²) in [6, 6.07) is 15.9. The largest absolute Gasteiger partial charge is 0.462 e. The van der Waals surface area contributed by atoms with E-state index >= 15 is 0 Å². The van der Waals surface area contributed by atoms with Crippen molar-refractivity contribution >= 4 is 34.7 Å². The van der Waals surface area contributed by atoms with Gasteiger partial charge in [0.15, 0.2) is 11.6 Å². The third kappa shape index (κ3) is 5.61. The van der Waals surface area contributed by atoms with E-state index in [-0.39, 0.29) is 23.4 Å². The quantitative estimate of drug-likeness (QED) is 0.255. The number of esters is 1. The van der Waals surface area contributed by atoms with Crippen molar-refractivity contribution in [1.29, 1.82) is 0 Å². The van der Waals surface area contributed by atoms with Crippen molar-refractivity contribution in [3.8, 4) is 5.82 Å². The number of nitrogens with one attached hydrogen (secondary N) is 1. The van der Waals surface area contributed by atoms with Crippen LogP contribution in [-0.2, 0) is 14.9 Å². The molecule has 0 aliphatic rings. The number of carbonyl (C=O) groups excluding carboxylic acids is 2. The molecule has 2 aromatic heterocycles. The number of hydrogen-bond acceptors (Lipinski definition) is 5. The number of para-hydroxylation sites is 1. The van der Waals surface area contributed by atoms with Crippen LogP contribution < -0.4 is 5.32 Å². The third-order valence-corrected chi connectivity index (χ3v) is 6.16. The van der Waals surface area contributed by atoms with E-state index in [0.29, 0.717) is 5.82 Å². The fourth-order valence-electron chi connectivity index (χ4n) is 4.08. The van der Waals surface area contributed by atoms with Crippen molar-refractivity contribution < 1.29 is 14.3 Å². The van der Waals surface area contributed by atoms with Crippen molar-refractivity contribution in [2.24, 2.45) is 0 Å². The zero-order valence-corrected chi connectivity index (χ0v) is 22.1. The predicted octanol–water partition coefficient (Wildman–Crippen LogP) is 6.16. The van der Waals surface area contributed by atoms with Crippen LogP contribution >= 0.6 is 0 Å². The molecule has 4 aromatic rings. The Morgan fingerprint density at radius 1 is 1.05 bits per heavy atom. The van der Waals surface area contributed by atoms with Crippen LogP contribution in [-0.4, -0.2) is 33.2 Å². The van der Waals surface area contributed by atoms with Gasteiger partial charge in [0.2, 0.25) is 5.91 Å². The van der Waals surface area contributed by atoms with Crippen molar-refractivity contribution in [3.05, 3.63) is 88.6 Å². The normalized spacial score (nSPS) is 11.7. The summed E-state index contributed by atoms with van der Waals surface area (Å²) in [5, 5.41) is 8.24. The molecule has 0 saturated heterocycles. The van der Waals surface area contributed by atoms with Gasteiger partial charge in [-0.1, -0.05) is 63.2 Å². The minimum atomic E-state index is -0.570. The number of hydrogen-bond donors (Lipinski definition) is 1. The van der Waals surface area contributed by atoms with Crippen LogP contribution in [0.15, 0.2) is 60.8 Å². The summed E-state index contributed by atoms with van der Waals surface area (Å²) in [6.07, 6.45) is 4.55. The van der Waals surface area contributed by atoms with Gasteiger partial charge in [-0.15, -0.1) is 0 Å². The highest BCUT2D eigenvalue weighted by molar-refractivity contribution is 6.05. The molecule has 0 fully saturated rings. The Hall–Kier alpha value is -4.26. The predicted molar refractivity (Wildman–Crippen MR) is 147 cm³/mol. The Labute approximate surface area is 217 Å². The molecule has 0 radical (unpaired) electrons. The summed E-state index contributed by atoms with van der Waals surface area (Å²) in [5.74, 6) is -0.275. The zero-order chi connectivity index (χ0) is 26.7. The van der Waals surface area contributed by atoms with Gasteiger partial charge >= 0.3 is 5.97 Å². The summed E-state index contributed by atoms with van der Waals surface area (Å²) in [5.41, 5.74) is 5.17. The molecule has 1 N–H and O–H groups in total. The zero-order valence-electron chi connectivity index (χ0n) is 22.1. The number of carbonyl (C=O) groups is 2. The Morgan fingerprint density at radius 3 is 2.46 bits per heavy atom. The lowest BCUT2D eigenvalue weighted by Crippen LogP contribution is -2.16. The lowest BCUT2D eigenvalue weighted by molar-refractivity contribution is -0.111. The topological polar surface area (TPSA) is 86.1 Å². The van der Waals surface area contributed by atoms with Crippen molar-refractivity contribution in [1.82, 2.24) is 14.8 Å². The fraction of sp³-hybridized carbons (Fsp3) is 0.267. The molecular formula is C30H32N4O3. The molecule has 190 valence electrons. The Balaban J connectivity index is 1.68. The maximum Gasteiger partial charge on any atom is 0.343 e. The number of benzene rings is 2. The van der Waals surface area contributed by atoms with Crippen molar-refractivity contribution in [2.45, 2.75) is 47.0 Å². The van der Waals surface area contributed by atoms with Crippen LogP contribution in [0, 0.1) is 13.8 Å². The highest BCUT2D eigenvalue weighted by atomic mass is 16.5. The third-order valence-electron chi connectivity index (χ3n) is 6.16. The van der Waals surface area contributed by atoms with E-state index in [4.69, 9.17) is 9.72 Å². The summed E-state index contributed by atoms with van der Waals surface area (Å²) >= 11 is 0. The van der Waals surface area contributed by atoms with Gasteiger partial charge in [0.25, 0.3) is 0 Å². The standard InChI is InChI=1S/C30H32N4O3/c1-7-37-29(36)24-18-31-34(25-17-20(3)23-10-8-9-19(2)27(23)32-25)28(24)33-26(35)16-13-21-11-14-22(15-12-21)30(4,5)6/h8-18H,7H2,1-6H3,(H,33,35)/b16-13+. The van der Waals surface area contributed by atoms with Gasteiger partial charge in [-0.2, -0.15) is 9.78 Å². The van der Waals surface area contributed by atoms with E-state index in [1.807, 2.05) is 50.2 Å². The van der Waals surface area contributed by atoms with Crippen LogP contribution in [0.1, 0.15) is 60.3 Å². The molecule has 0 unspecified atom stereocenters. The Morgan fingerprint density at radius 2 is 1.78 bits per heavy atom. The van der Waals surface area contributed by atoms with Gasteiger partial charge in [-0.3, -0.25) is 4.79 Å². The second-order valence-corrected chi connectivity index (χ2v) is 10.0. The molecular weight excluding hydrogens is 464 g/mol. The molecule has 4 rings (SSSR count). The van der Waals surface area contributed by atoms with E-state index in [0.717, 1.165) is 27.6 Å². The van der Waals surface area contributed by atoms with Crippen molar-refractivity contribution in [2.75, 3.05) is 11.9 Å². The number of aromatic nitrogens is 3. The van der Waals surface area contributed by atoms with E-state index in [2.05, 4.69) is 43.3 Å². The molecule has 7 nitrogen and oxygen atoms in total. The van der Waals surface area contributed by atoms with E-state index < -0.39 is 11.9 Å². The number of nitrogens with zero attached hydrogens (tertiary/aromatic N) is 3. The van der Waals surface area contributed by atoms with Gasteiger partial charge in [-0.05, 0) is 60.6 Å². The van der Waals surface area contributed by atoms with Crippen LogP contribution in [0.2, 0.25) is 0 Å². The minimum Gasteiger partial charge on any atom is -0.462 e. The smallest absolute Gasteiger partial charge is 0.343 e. The highest BCUT2D eigenvalue weighted by Gasteiger charge is 2.22. The summed E-state index contributed by atoms with van der Waals surface area (Å²) in [7, 11) is 0.